The van der Waals surface area contributed by atoms with Gasteiger partial charge in [-0.2, -0.15) is 0 Å². The third-order valence-corrected chi connectivity index (χ3v) is 3.12. The first-order valence-corrected chi connectivity index (χ1v) is 7.20. The number of hydrogen-bond acceptors (Lipinski definition) is 2. The first-order chi connectivity index (χ1) is 9.79. The number of amides is 2. The van der Waals surface area contributed by atoms with Crippen LogP contribution in [0.1, 0.15) is 32.4 Å². The van der Waals surface area contributed by atoms with Crippen molar-refractivity contribution >= 4 is 23.6 Å². The summed E-state index contributed by atoms with van der Waals surface area (Å²) in [6, 6.07) is 6.56. The van der Waals surface area contributed by atoms with Crippen LogP contribution < -0.4 is 5.32 Å². The van der Waals surface area contributed by atoms with Crippen molar-refractivity contribution in [2.75, 3.05) is 13.1 Å². The van der Waals surface area contributed by atoms with E-state index in [9.17, 15) is 9.59 Å². The molecule has 0 bridgehead atoms. The van der Waals surface area contributed by atoms with Gasteiger partial charge < -0.3 is 15.3 Å². The lowest BCUT2D eigenvalue weighted by Crippen LogP contribution is -2.45. The van der Waals surface area contributed by atoms with Crippen molar-refractivity contribution in [1.82, 2.24) is 10.2 Å². The van der Waals surface area contributed by atoms with Crippen LogP contribution in [0, 0.1) is 5.92 Å². The Kier molecular flexibility index (Phi) is 6.49. The highest BCUT2D eigenvalue weighted by Gasteiger charge is 2.20. The van der Waals surface area contributed by atoms with Crippen molar-refractivity contribution in [3.8, 4) is 0 Å². The number of carbonyl (C=O) groups is 2. The normalized spacial score (nSPS) is 12.0. The number of urea groups is 1. The second kappa shape index (κ2) is 7.88. The maximum Gasteiger partial charge on any atom is 0.323 e. The summed E-state index contributed by atoms with van der Waals surface area (Å²) in [6.45, 7) is 5.77. The van der Waals surface area contributed by atoms with Crippen LogP contribution in [0.4, 0.5) is 4.79 Å². The summed E-state index contributed by atoms with van der Waals surface area (Å²) in [5, 5.41) is 12.3. The summed E-state index contributed by atoms with van der Waals surface area (Å²) in [5.41, 5.74) is 0.871. The molecule has 0 saturated heterocycles. The van der Waals surface area contributed by atoms with Crippen LogP contribution in [0.2, 0.25) is 5.02 Å². The molecule has 1 aromatic rings. The van der Waals surface area contributed by atoms with Gasteiger partial charge in [-0.15, -0.1) is 0 Å². The molecule has 1 unspecified atom stereocenters. The third-order valence-electron chi connectivity index (χ3n) is 2.89. The standard InChI is InChI=1S/C15H21ClN2O3/c1-10(2)8-18(9-14(19)20)15(21)17-11(3)12-5-4-6-13(16)7-12/h4-7,10-11H,8-9H2,1-3H3,(H,17,21)(H,19,20). The molecule has 0 spiro atoms. The van der Waals surface area contributed by atoms with Crippen LogP contribution in [0.5, 0.6) is 0 Å². The second-order valence-corrected chi connectivity index (χ2v) is 5.83. The molecule has 1 atom stereocenters. The molecular formula is C15H21ClN2O3. The monoisotopic (exact) mass is 312 g/mol. The maximum absolute atomic E-state index is 12.2. The zero-order chi connectivity index (χ0) is 16.0. The van der Waals surface area contributed by atoms with E-state index in [0.29, 0.717) is 11.6 Å². The van der Waals surface area contributed by atoms with E-state index in [2.05, 4.69) is 5.32 Å². The highest BCUT2D eigenvalue weighted by molar-refractivity contribution is 6.30. The Morgan fingerprint density at radius 1 is 1.33 bits per heavy atom. The number of carbonyl (C=O) groups excluding carboxylic acids is 1. The molecule has 0 aliphatic carbocycles. The van der Waals surface area contributed by atoms with E-state index in [-0.39, 0.29) is 18.5 Å². The minimum absolute atomic E-state index is 0.191. The van der Waals surface area contributed by atoms with Crippen LogP contribution in [0.3, 0.4) is 0 Å². The van der Waals surface area contributed by atoms with Crippen molar-refractivity contribution < 1.29 is 14.7 Å². The van der Waals surface area contributed by atoms with Crippen molar-refractivity contribution in [2.45, 2.75) is 26.8 Å². The van der Waals surface area contributed by atoms with E-state index in [1.54, 1.807) is 12.1 Å². The minimum Gasteiger partial charge on any atom is -0.480 e. The molecule has 5 nitrogen and oxygen atoms in total. The summed E-state index contributed by atoms with van der Waals surface area (Å²) in [5.74, 6) is -0.835. The number of hydrogen-bond donors (Lipinski definition) is 2. The van der Waals surface area contributed by atoms with Gasteiger partial charge in [-0.3, -0.25) is 4.79 Å². The fraction of sp³-hybridized carbons (Fsp3) is 0.467. The highest BCUT2D eigenvalue weighted by Crippen LogP contribution is 2.17. The average molecular weight is 313 g/mol. The first kappa shape index (κ1) is 17.3. The molecular weight excluding hydrogens is 292 g/mol. The van der Waals surface area contributed by atoms with E-state index < -0.39 is 12.0 Å². The molecule has 0 aliphatic heterocycles. The van der Waals surface area contributed by atoms with E-state index in [1.165, 1.54) is 4.90 Å². The predicted octanol–water partition coefficient (Wildman–Crippen LogP) is 3.15. The zero-order valence-electron chi connectivity index (χ0n) is 12.5. The molecule has 6 heteroatoms. The van der Waals surface area contributed by atoms with Gasteiger partial charge in [0.05, 0.1) is 6.04 Å². The Morgan fingerprint density at radius 3 is 2.52 bits per heavy atom. The molecule has 0 fully saturated rings. The van der Waals surface area contributed by atoms with E-state index in [0.717, 1.165) is 5.56 Å². The molecule has 0 radical (unpaired) electrons. The van der Waals surface area contributed by atoms with Crippen LogP contribution in [-0.2, 0) is 4.79 Å². The molecule has 0 saturated carbocycles. The fourth-order valence-corrected chi connectivity index (χ4v) is 2.16. The molecule has 116 valence electrons. The average Bonchev–Trinajstić information content (AvgIpc) is 2.36. The summed E-state index contributed by atoms with van der Waals surface area (Å²) in [6.07, 6.45) is 0. The first-order valence-electron chi connectivity index (χ1n) is 6.82. The Balaban J connectivity index is 2.73. The minimum atomic E-state index is -1.03. The van der Waals surface area contributed by atoms with E-state index in [4.69, 9.17) is 16.7 Å². The zero-order valence-corrected chi connectivity index (χ0v) is 13.2. The summed E-state index contributed by atoms with van der Waals surface area (Å²) < 4.78 is 0. The lowest BCUT2D eigenvalue weighted by Gasteiger charge is -2.25. The van der Waals surface area contributed by atoms with Crippen molar-refractivity contribution in [1.29, 1.82) is 0 Å². The second-order valence-electron chi connectivity index (χ2n) is 5.39. The fourth-order valence-electron chi connectivity index (χ4n) is 1.96. The molecule has 1 aromatic carbocycles. The maximum atomic E-state index is 12.2. The molecule has 1 rings (SSSR count). The van der Waals surface area contributed by atoms with Crippen molar-refractivity contribution in [3.63, 3.8) is 0 Å². The molecule has 21 heavy (non-hydrogen) atoms. The van der Waals surface area contributed by atoms with Crippen LogP contribution in [0.15, 0.2) is 24.3 Å². The van der Waals surface area contributed by atoms with E-state index >= 15 is 0 Å². The molecule has 2 amide bonds. The SMILES string of the molecule is CC(C)CN(CC(=O)O)C(=O)NC(C)c1cccc(Cl)c1. The van der Waals surface area contributed by atoms with Crippen molar-refractivity contribution in [2.24, 2.45) is 5.92 Å². The van der Waals surface area contributed by atoms with Gasteiger partial charge in [0.2, 0.25) is 0 Å². The number of nitrogens with zero attached hydrogens (tertiary/aromatic N) is 1. The van der Waals surface area contributed by atoms with Gasteiger partial charge in [-0.1, -0.05) is 37.6 Å². The lowest BCUT2D eigenvalue weighted by atomic mass is 10.1. The topological polar surface area (TPSA) is 69.6 Å². The van der Waals surface area contributed by atoms with Gasteiger partial charge in [0.15, 0.2) is 0 Å². The van der Waals surface area contributed by atoms with Crippen LogP contribution >= 0.6 is 11.6 Å². The van der Waals surface area contributed by atoms with E-state index in [1.807, 2.05) is 32.9 Å². The number of carboxylic acids is 1. The van der Waals surface area contributed by atoms with Gasteiger partial charge in [0, 0.05) is 11.6 Å². The number of halogens is 1. The van der Waals surface area contributed by atoms with Crippen molar-refractivity contribution in [3.05, 3.63) is 34.9 Å². The number of rotatable bonds is 6. The number of aliphatic carboxylic acids is 1. The van der Waals surface area contributed by atoms with Gasteiger partial charge in [0.25, 0.3) is 0 Å². The Morgan fingerprint density at radius 2 is 2.00 bits per heavy atom. The summed E-state index contributed by atoms with van der Waals surface area (Å²) in [4.78, 5) is 24.4. The largest absolute Gasteiger partial charge is 0.480 e. The number of benzene rings is 1. The Hall–Kier alpha value is -1.75. The Labute approximate surface area is 129 Å². The lowest BCUT2D eigenvalue weighted by molar-refractivity contribution is -0.137. The summed E-state index contributed by atoms with van der Waals surface area (Å²) >= 11 is 5.92. The number of nitrogens with one attached hydrogen (secondary N) is 1. The third kappa shape index (κ3) is 6.04. The predicted molar refractivity (Wildman–Crippen MR) is 82.4 cm³/mol. The summed E-state index contributed by atoms with van der Waals surface area (Å²) in [7, 11) is 0. The van der Waals surface area contributed by atoms with Gasteiger partial charge >= 0.3 is 12.0 Å². The van der Waals surface area contributed by atoms with Gasteiger partial charge in [0.1, 0.15) is 6.54 Å². The molecule has 0 aliphatic rings. The van der Waals surface area contributed by atoms with Gasteiger partial charge in [-0.05, 0) is 30.5 Å². The van der Waals surface area contributed by atoms with Crippen LogP contribution in [0.25, 0.3) is 0 Å². The van der Waals surface area contributed by atoms with Crippen LogP contribution in [-0.4, -0.2) is 35.1 Å². The molecule has 0 heterocycles. The number of carboxylic acid groups (broad SMARTS) is 1. The smallest absolute Gasteiger partial charge is 0.323 e. The highest BCUT2D eigenvalue weighted by atomic mass is 35.5. The van der Waals surface area contributed by atoms with Gasteiger partial charge in [-0.25, -0.2) is 4.79 Å². The quantitative estimate of drug-likeness (QED) is 0.847. The Bertz CT molecular complexity index is 505. The molecule has 0 aromatic heterocycles. The molecule has 2 N–H and O–H groups in total.